The zero-order chi connectivity index (χ0) is 34.7. The molecule has 0 spiro atoms. The number of nitrogens with zero attached hydrogens (tertiary/aromatic N) is 7. The molecule has 4 heterocycles. The number of hydrogen-bond donors (Lipinski definition) is 4. The summed E-state index contributed by atoms with van der Waals surface area (Å²) in [6, 6.07) is 12.1. The third-order valence-electron chi connectivity index (χ3n) is 9.40. The molecule has 13 nitrogen and oxygen atoms in total. The Labute approximate surface area is 287 Å². The van der Waals surface area contributed by atoms with Crippen molar-refractivity contribution in [1.29, 1.82) is 0 Å². The molecule has 2 aliphatic rings. The minimum Gasteiger partial charge on any atom is -0.484 e. The van der Waals surface area contributed by atoms with Crippen LogP contribution in [0.4, 0.5) is 16.4 Å². The number of pyridine rings is 1. The Morgan fingerprint density at radius 2 is 1.82 bits per heavy atom. The topological polar surface area (TPSA) is 160 Å². The van der Waals surface area contributed by atoms with E-state index in [9.17, 15) is 9.90 Å². The average Bonchev–Trinajstić information content (AvgIpc) is 3.68. The molecular weight excluding hydrogens is 620 g/mol. The number of hydrogen-bond acceptors (Lipinski definition) is 9. The fourth-order valence-corrected chi connectivity index (χ4v) is 6.65. The van der Waals surface area contributed by atoms with Crippen molar-refractivity contribution >= 4 is 29.1 Å². The monoisotopic (exact) mass is 668 g/mol. The summed E-state index contributed by atoms with van der Waals surface area (Å²) in [7, 11) is 0. The standard InChI is InChI=1S/C36H48N10O3/c1-23-9-8-10-24(2)46(23)35-43-42-33-16-13-26(22-45(33)35)49-30-15-14-29(27-11-6-7-12-28(27)30)40-34(48)41-32(19-31(37)36(3,4)5)39-25-20-38-44(21-25)17-18-47/h6-7,11-13,16,19-24,29-30,47H,8-10,14-15,17-18,37H2,1-5H3,(H2,39,40,41,48)/t23-,24?,29?,30?/m0/s1. The molecule has 1 fully saturated rings. The number of nitrogens with two attached hydrogens (primary N) is 1. The molecule has 1 aromatic carbocycles. The fourth-order valence-electron chi connectivity index (χ4n) is 6.65. The highest BCUT2D eigenvalue weighted by molar-refractivity contribution is 6.05. The highest BCUT2D eigenvalue weighted by Gasteiger charge is 2.31. The van der Waals surface area contributed by atoms with E-state index < -0.39 is 6.03 Å². The van der Waals surface area contributed by atoms with Crippen LogP contribution in [0.2, 0.25) is 0 Å². The molecule has 1 saturated heterocycles. The number of rotatable bonds is 8. The van der Waals surface area contributed by atoms with Gasteiger partial charge in [0, 0.05) is 29.3 Å². The molecule has 3 aromatic heterocycles. The van der Waals surface area contributed by atoms with Gasteiger partial charge in [-0.05, 0) is 69.2 Å². The van der Waals surface area contributed by atoms with Gasteiger partial charge in [-0.15, -0.1) is 10.2 Å². The number of ether oxygens (including phenoxy) is 1. The summed E-state index contributed by atoms with van der Waals surface area (Å²) in [4.78, 5) is 20.4. The molecule has 2 amide bonds. The van der Waals surface area contributed by atoms with Gasteiger partial charge in [0.25, 0.3) is 0 Å². The molecule has 1 aliphatic heterocycles. The van der Waals surface area contributed by atoms with Crippen molar-refractivity contribution in [3.8, 4) is 5.75 Å². The summed E-state index contributed by atoms with van der Waals surface area (Å²) in [5.41, 5.74) is 9.95. The van der Waals surface area contributed by atoms with Crippen molar-refractivity contribution in [3.63, 3.8) is 0 Å². The van der Waals surface area contributed by atoms with Crippen molar-refractivity contribution < 1.29 is 14.6 Å². The second kappa shape index (κ2) is 14.3. The smallest absolute Gasteiger partial charge is 0.320 e. The quantitative estimate of drug-likeness (QED) is 0.140. The lowest BCUT2D eigenvalue weighted by Gasteiger charge is -2.39. The van der Waals surface area contributed by atoms with Gasteiger partial charge in [0.2, 0.25) is 5.95 Å². The van der Waals surface area contributed by atoms with Gasteiger partial charge in [-0.2, -0.15) is 5.10 Å². The fraction of sp³-hybridized carbons (Fsp3) is 0.472. The van der Waals surface area contributed by atoms with E-state index in [-0.39, 0.29) is 30.0 Å². The van der Waals surface area contributed by atoms with Gasteiger partial charge in [0.1, 0.15) is 23.4 Å². The third-order valence-corrected chi connectivity index (χ3v) is 9.40. The summed E-state index contributed by atoms with van der Waals surface area (Å²) in [6.07, 6.45) is 11.6. The molecule has 0 bridgehead atoms. The molecule has 0 saturated carbocycles. The Morgan fingerprint density at radius 1 is 1.06 bits per heavy atom. The average molecular weight is 669 g/mol. The van der Waals surface area contributed by atoms with E-state index in [4.69, 9.17) is 10.5 Å². The van der Waals surface area contributed by atoms with Crippen LogP contribution in [0.25, 0.3) is 5.65 Å². The lowest BCUT2D eigenvalue weighted by Crippen LogP contribution is -2.44. The number of anilines is 1. The van der Waals surface area contributed by atoms with E-state index in [1.54, 1.807) is 23.2 Å². The molecule has 260 valence electrons. The van der Waals surface area contributed by atoms with Crippen molar-refractivity contribution in [3.05, 3.63) is 77.9 Å². The number of aliphatic imine (C=N–C) groups is 1. The molecule has 3 unspecified atom stereocenters. The number of carbonyl (C=O) groups is 1. The zero-order valence-electron chi connectivity index (χ0n) is 29.0. The van der Waals surface area contributed by atoms with E-state index in [0.29, 0.717) is 42.9 Å². The van der Waals surface area contributed by atoms with Crippen molar-refractivity contribution in [2.45, 2.75) is 97.5 Å². The summed E-state index contributed by atoms with van der Waals surface area (Å²) < 4.78 is 10.3. The van der Waals surface area contributed by atoms with Crippen LogP contribution in [-0.2, 0) is 6.54 Å². The van der Waals surface area contributed by atoms with Crippen LogP contribution in [0, 0.1) is 5.41 Å². The number of aliphatic hydroxyl groups is 1. The Bertz CT molecular complexity index is 1830. The Hall–Kier alpha value is -4.91. The molecule has 13 heteroatoms. The number of benzene rings is 1. The van der Waals surface area contributed by atoms with Crippen LogP contribution in [0.1, 0.15) is 90.0 Å². The number of piperidine rings is 1. The van der Waals surface area contributed by atoms with Gasteiger partial charge in [-0.1, -0.05) is 45.0 Å². The molecular formula is C36H48N10O3. The maximum atomic E-state index is 13.5. The van der Waals surface area contributed by atoms with Crippen molar-refractivity contribution in [1.82, 2.24) is 35.0 Å². The van der Waals surface area contributed by atoms with Crippen LogP contribution in [0.5, 0.6) is 5.75 Å². The van der Waals surface area contributed by atoms with Gasteiger partial charge in [0.05, 0.1) is 37.8 Å². The number of aromatic nitrogens is 5. The molecule has 0 radical (unpaired) electrons. The van der Waals surface area contributed by atoms with Crippen LogP contribution in [0.3, 0.4) is 0 Å². The number of carbonyl (C=O) groups excluding carboxylic acids is 1. The van der Waals surface area contributed by atoms with E-state index in [1.807, 2.05) is 61.7 Å². The van der Waals surface area contributed by atoms with Gasteiger partial charge in [-0.25, -0.2) is 9.79 Å². The van der Waals surface area contributed by atoms with Crippen molar-refractivity contribution in [2.75, 3.05) is 11.5 Å². The van der Waals surface area contributed by atoms with E-state index in [2.05, 4.69) is 55.7 Å². The first-order valence-corrected chi connectivity index (χ1v) is 17.2. The molecule has 1 aliphatic carbocycles. The van der Waals surface area contributed by atoms with Crippen molar-refractivity contribution in [2.24, 2.45) is 16.1 Å². The minimum absolute atomic E-state index is 0.0420. The number of urea groups is 1. The largest absolute Gasteiger partial charge is 0.484 e. The lowest BCUT2D eigenvalue weighted by molar-refractivity contribution is 0.171. The Balaban J connectivity index is 1.19. The van der Waals surface area contributed by atoms with E-state index >= 15 is 0 Å². The highest BCUT2D eigenvalue weighted by Crippen LogP contribution is 2.39. The predicted molar refractivity (Wildman–Crippen MR) is 190 cm³/mol. The number of fused-ring (bicyclic) bond motifs is 2. The second-order valence-electron chi connectivity index (χ2n) is 14.1. The number of amides is 2. The van der Waals surface area contributed by atoms with Crippen LogP contribution < -0.4 is 26.0 Å². The molecule has 49 heavy (non-hydrogen) atoms. The number of nitrogens with one attached hydrogen (secondary N) is 2. The first-order chi connectivity index (χ1) is 23.5. The number of amidine groups is 1. The van der Waals surface area contributed by atoms with Crippen LogP contribution >= 0.6 is 0 Å². The summed E-state index contributed by atoms with van der Waals surface area (Å²) in [5, 5.41) is 28.5. The molecule has 5 N–H and O–H groups in total. The lowest BCUT2D eigenvalue weighted by atomic mass is 9.85. The van der Waals surface area contributed by atoms with Crippen LogP contribution in [-0.4, -0.2) is 60.0 Å². The summed E-state index contributed by atoms with van der Waals surface area (Å²) in [5.74, 6) is 1.87. The zero-order valence-corrected chi connectivity index (χ0v) is 29.0. The molecule has 4 atom stereocenters. The first-order valence-electron chi connectivity index (χ1n) is 17.2. The van der Waals surface area contributed by atoms with Crippen LogP contribution in [0.15, 0.2) is 71.8 Å². The van der Waals surface area contributed by atoms with Gasteiger partial charge < -0.3 is 25.8 Å². The van der Waals surface area contributed by atoms with Gasteiger partial charge in [-0.3, -0.25) is 14.4 Å². The van der Waals surface area contributed by atoms with E-state index in [0.717, 1.165) is 41.3 Å². The number of allylic oxidation sites excluding steroid dienone is 1. The molecule has 4 aromatic rings. The SMILES string of the molecule is CC1CCC[C@H](C)N1c1nnc2ccc(OC3CCC(NC(=O)NC(C=C(N)C(C)(C)C)=Nc4cnn(CCO)c4)c4ccccc43)cn12. The first kappa shape index (κ1) is 34.0. The maximum absolute atomic E-state index is 13.5. The highest BCUT2D eigenvalue weighted by atomic mass is 16.5. The number of aliphatic hydroxyl groups excluding tert-OH is 1. The van der Waals surface area contributed by atoms with E-state index in [1.165, 1.54) is 6.42 Å². The summed E-state index contributed by atoms with van der Waals surface area (Å²) >= 11 is 0. The van der Waals surface area contributed by atoms with Gasteiger partial charge >= 0.3 is 6.03 Å². The second-order valence-corrected chi connectivity index (χ2v) is 14.1. The summed E-state index contributed by atoms with van der Waals surface area (Å²) in [6.45, 7) is 10.8. The minimum atomic E-state index is -0.398. The molecule has 6 rings (SSSR count). The maximum Gasteiger partial charge on any atom is 0.320 e. The van der Waals surface area contributed by atoms with Gasteiger partial charge in [0.15, 0.2) is 5.65 Å². The predicted octanol–water partition coefficient (Wildman–Crippen LogP) is 5.56. The third kappa shape index (κ3) is 7.72. The normalized spacial score (nSPS) is 21.8. The Morgan fingerprint density at radius 3 is 2.55 bits per heavy atom. The Kier molecular flexibility index (Phi) is 9.91.